The highest BCUT2D eigenvalue weighted by Crippen LogP contribution is 2.07. The molecule has 7 nitrogen and oxygen atoms in total. The van der Waals surface area contributed by atoms with Gasteiger partial charge < -0.3 is 4.90 Å². The summed E-state index contributed by atoms with van der Waals surface area (Å²) in [5, 5.41) is 11.9. The van der Waals surface area contributed by atoms with Gasteiger partial charge in [0.2, 0.25) is 0 Å². The number of benzene rings is 1. The molecule has 22 heavy (non-hydrogen) atoms. The van der Waals surface area contributed by atoms with Crippen LogP contribution in [-0.4, -0.2) is 42.8 Å². The molecule has 0 N–H and O–H groups in total. The number of hydrogen-bond donors (Lipinski definition) is 0. The predicted molar refractivity (Wildman–Crippen MR) is 79.2 cm³/mol. The number of carbonyl (C=O) groups is 1. The number of carbonyl (C=O) groups excluding carboxylic acids is 1. The quantitative estimate of drug-likeness (QED) is 0.725. The Labute approximate surface area is 127 Å². The lowest BCUT2D eigenvalue weighted by Gasteiger charge is -2.16. The minimum Gasteiger partial charge on any atom is -0.336 e. The van der Waals surface area contributed by atoms with Gasteiger partial charge in [-0.05, 0) is 17.7 Å². The summed E-state index contributed by atoms with van der Waals surface area (Å²) in [7, 11) is 1.74. The van der Waals surface area contributed by atoms with Crippen LogP contribution in [0, 0.1) is 0 Å². The largest absolute Gasteiger partial charge is 0.336 e. The van der Waals surface area contributed by atoms with Crippen LogP contribution in [0.3, 0.4) is 0 Å². The summed E-state index contributed by atoms with van der Waals surface area (Å²) in [6, 6.07) is 13.1. The van der Waals surface area contributed by atoms with Gasteiger partial charge in [-0.25, -0.2) is 9.67 Å². The molecule has 2 aromatic heterocycles. The van der Waals surface area contributed by atoms with Gasteiger partial charge in [0.05, 0.1) is 0 Å². The lowest BCUT2D eigenvalue weighted by atomic mass is 10.2. The molecule has 0 radical (unpaired) electrons. The van der Waals surface area contributed by atoms with Crippen LogP contribution in [-0.2, 0) is 6.54 Å². The minimum atomic E-state index is -0.179. The minimum absolute atomic E-state index is 0.179. The zero-order chi connectivity index (χ0) is 15.4. The van der Waals surface area contributed by atoms with Gasteiger partial charge in [-0.2, -0.15) is 5.10 Å². The molecule has 0 spiro atoms. The Bertz CT molecular complexity index is 739. The van der Waals surface area contributed by atoms with Crippen molar-refractivity contribution < 1.29 is 4.79 Å². The van der Waals surface area contributed by atoms with E-state index in [1.807, 2.05) is 30.3 Å². The molecule has 3 rings (SSSR count). The van der Waals surface area contributed by atoms with Crippen molar-refractivity contribution in [2.75, 3.05) is 7.05 Å². The molecular weight excluding hydrogens is 280 g/mol. The maximum atomic E-state index is 12.3. The fraction of sp³-hybridized carbons (Fsp3) is 0.133. The second-order valence-electron chi connectivity index (χ2n) is 4.76. The van der Waals surface area contributed by atoms with Crippen molar-refractivity contribution in [3.8, 4) is 5.82 Å². The average molecular weight is 294 g/mol. The summed E-state index contributed by atoms with van der Waals surface area (Å²) in [5.41, 5.74) is 1.35. The van der Waals surface area contributed by atoms with Crippen molar-refractivity contribution in [2.24, 2.45) is 0 Å². The molecule has 1 aromatic carbocycles. The van der Waals surface area contributed by atoms with E-state index in [4.69, 9.17) is 0 Å². The van der Waals surface area contributed by atoms with E-state index in [2.05, 4.69) is 20.3 Å². The molecule has 0 saturated carbocycles. The predicted octanol–water partition coefficient (Wildman–Crippen LogP) is 1.33. The first kappa shape index (κ1) is 13.9. The number of aromatic nitrogens is 5. The summed E-state index contributed by atoms with van der Waals surface area (Å²) in [5.74, 6) is 0.334. The van der Waals surface area contributed by atoms with Crippen LogP contribution in [0.2, 0.25) is 0 Å². The van der Waals surface area contributed by atoms with Crippen LogP contribution in [0.4, 0.5) is 0 Å². The number of rotatable bonds is 4. The van der Waals surface area contributed by atoms with Crippen LogP contribution in [0.15, 0.2) is 55.1 Å². The molecule has 0 saturated heterocycles. The van der Waals surface area contributed by atoms with Crippen molar-refractivity contribution in [3.63, 3.8) is 0 Å². The first-order valence-corrected chi connectivity index (χ1v) is 6.72. The van der Waals surface area contributed by atoms with Gasteiger partial charge in [-0.3, -0.25) is 4.79 Å². The Morgan fingerprint density at radius 1 is 1.14 bits per heavy atom. The third-order valence-corrected chi connectivity index (χ3v) is 3.13. The lowest BCUT2D eigenvalue weighted by Crippen LogP contribution is -2.27. The van der Waals surface area contributed by atoms with Gasteiger partial charge in [0.1, 0.15) is 12.7 Å². The Morgan fingerprint density at radius 2 is 1.95 bits per heavy atom. The van der Waals surface area contributed by atoms with E-state index in [-0.39, 0.29) is 5.91 Å². The topological polar surface area (TPSA) is 76.8 Å². The molecule has 0 aliphatic rings. The van der Waals surface area contributed by atoms with E-state index in [0.717, 1.165) is 5.56 Å². The molecule has 1 amide bonds. The van der Waals surface area contributed by atoms with Crippen molar-refractivity contribution in [1.29, 1.82) is 0 Å². The first-order valence-electron chi connectivity index (χ1n) is 6.72. The summed E-state index contributed by atoms with van der Waals surface area (Å²) >= 11 is 0. The smallest absolute Gasteiger partial charge is 0.274 e. The fourth-order valence-corrected chi connectivity index (χ4v) is 2.01. The SMILES string of the molecule is CN(Cc1ccccc1)C(=O)c1ccc(-n2cncn2)nn1. The third kappa shape index (κ3) is 2.98. The van der Waals surface area contributed by atoms with Crippen LogP contribution in [0.1, 0.15) is 16.1 Å². The number of amides is 1. The molecule has 0 fully saturated rings. The van der Waals surface area contributed by atoms with Gasteiger partial charge in [0.15, 0.2) is 11.5 Å². The molecule has 0 unspecified atom stereocenters. The summed E-state index contributed by atoms with van der Waals surface area (Å²) in [6.45, 7) is 0.520. The van der Waals surface area contributed by atoms with E-state index in [9.17, 15) is 4.79 Å². The van der Waals surface area contributed by atoms with Gasteiger partial charge in [0.25, 0.3) is 5.91 Å². The Morgan fingerprint density at radius 3 is 2.59 bits per heavy atom. The lowest BCUT2D eigenvalue weighted by molar-refractivity contribution is 0.0778. The highest BCUT2D eigenvalue weighted by atomic mass is 16.2. The zero-order valence-corrected chi connectivity index (χ0v) is 12.0. The van der Waals surface area contributed by atoms with Crippen LogP contribution in [0.5, 0.6) is 0 Å². The van der Waals surface area contributed by atoms with Crippen molar-refractivity contribution in [2.45, 2.75) is 6.54 Å². The van der Waals surface area contributed by atoms with Crippen LogP contribution in [0.25, 0.3) is 5.82 Å². The van der Waals surface area contributed by atoms with E-state index >= 15 is 0 Å². The zero-order valence-electron chi connectivity index (χ0n) is 12.0. The maximum Gasteiger partial charge on any atom is 0.274 e. The Hall–Kier alpha value is -3.09. The van der Waals surface area contributed by atoms with Crippen molar-refractivity contribution in [3.05, 3.63) is 66.4 Å². The normalized spacial score (nSPS) is 10.4. The highest BCUT2D eigenvalue weighted by molar-refractivity contribution is 5.91. The molecule has 2 heterocycles. The standard InChI is InChI=1S/C15H14N6O/c1-20(9-12-5-3-2-4-6-12)15(22)13-7-8-14(19-18-13)21-11-16-10-17-21/h2-8,10-11H,9H2,1H3. The van der Waals surface area contributed by atoms with Crippen LogP contribution >= 0.6 is 0 Å². The Kier molecular flexibility index (Phi) is 3.86. The van der Waals surface area contributed by atoms with Crippen molar-refractivity contribution in [1.82, 2.24) is 29.9 Å². The maximum absolute atomic E-state index is 12.3. The molecule has 0 aliphatic carbocycles. The van der Waals surface area contributed by atoms with E-state index < -0.39 is 0 Å². The third-order valence-electron chi connectivity index (χ3n) is 3.13. The van der Waals surface area contributed by atoms with Gasteiger partial charge in [-0.1, -0.05) is 30.3 Å². The molecule has 0 bridgehead atoms. The molecule has 0 atom stereocenters. The summed E-state index contributed by atoms with van der Waals surface area (Å²) in [4.78, 5) is 17.8. The number of nitrogens with zero attached hydrogens (tertiary/aromatic N) is 6. The van der Waals surface area contributed by atoms with Gasteiger partial charge in [0, 0.05) is 13.6 Å². The molecule has 7 heteroatoms. The second-order valence-corrected chi connectivity index (χ2v) is 4.76. The number of hydrogen-bond acceptors (Lipinski definition) is 5. The molecule has 0 aliphatic heterocycles. The summed E-state index contributed by atoms with van der Waals surface area (Å²) in [6.07, 6.45) is 2.93. The average Bonchev–Trinajstić information content (AvgIpc) is 3.10. The summed E-state index contributed by atoms with van der Waals surface area (Å²) < 4.78 is 1.48. The monoisotopic (exact) mass is 294 g/mol. The van der Waals surface area contributed by atoms with Crippen LogP contribution < -0.4 is 0 Å². The first-order chi connectivity index (χ1) is 10.7. The second kappa shape index (κ2) is 6.13. The van der Waals surface area contributed by atoms with E-state index in [0.29, 0.717) is 18.1 Å². The van der Waals surface area contributed by atoms with Gasteiger partial charge in [-0.15, -0.1) is 10.2 Å². The molecule has 3 aromatic rings. The molecular formula is C15H14N6O. The fourth-order valence-electron chi connectivity index (χ4n) is 2.01. The van der Waals surface area contributed by atoms with Gasteiger partial charge >= 0.3 is 0 Å². The van der Waals surface area contributed by atoms with Crippen molar-refractivity contribution >= 4 is 5.91 Å². The van der Waals surface area contributed by atoms with E-state index in [1.54, 1.807) is 24.1 Å². The van der Waals surface area contributed by atoms with E-state index in [1.165, 1.54) is 17.3 Å². The highest BCUT2D eigenvalue weighted by Gasteiger charge is 2.14. The molecule has 110 valence electrons. The Balaban J connectivity index is 1.72.